The summed E-state index contributed by atoms with van der Waals surface area (Å²) in [6.45, 7) is 0. The molecule has 0 unspecified atom stereocenters. The molecule has 0 N–H and O–H groups in total. The summed E-state index contributed by atoms with van der Waals surface area (Å²) >= 11 is 7.17. The summed E-state index contributed by atoms with van der Waals surface area (Å²) in [6.07, 6.45) is 0.506. The van der Waals surface area contributed by atoms with Crippen LogP contribution in [-0.2, 0) is 0 Å². The molecule has 0 spiro atoms. The highest BCUT2D eigenvalue weighted by molar-refractivity contribution is 14.1. The lowest BCUT2D eigenvalue weighted by Crippen LogP contribution is -1.99. The molecule has 0 saturated heterocycles. The van der Waals surface area contributed by atoms with Gasteiger partial charge in [0.05, 0.1) is 5.56 Å². The molecular formula is C9H3ClINO2. The van der Waals surface area contributed by atoms with Crippen LogP contribution in [0.25, 0.3) is 0 Å². The molecule has 0 aliphatic heterocycles. The lowest BCUT2D eigenvalue weighted by molar-refractivity contribution is 0.106. The minimum atomic E-state index is -0.700. The molecule has 0 aliphatic carbocycles. The Morgan fingerprint density at radius 3 is 2.64 bits per heavy atom. The van der Waals surface area contributed by atoms with Crippen molar-refractivity contribution >= 4 is 45.7 Å². The second kappa shape index (κ2) is 4.53. The highest BCUT2D eigenvalue weighted by atomic mass is 127. The molecule has 0 aliphatic rings. The van der Waals surface area contributed by atoms with E-state index in [1.165, 1.54) is 12.1 Å². The van der Waals surface area contributed by atoms with Crippen molar-refractivity contribution in [2.75, 3.05) is 0 Å². The van der Waals surface area contributed by atoms with Crippen molar-refractivity contribution in [1.82, 2.24) is 0 Å². The van der Waals surface area contributed by atoms with E-state index < -0.39 is 5.24 Å². The standard InChI is InChI=1S/C9H3ClINO2/c10-9(14)7-2-8(11)5(3-12)1-6(7)4-13/h1-2,4H. The third kappa shape index (κ3) is 2.11. The van der Waals surface area contributed by atoms with E-state index in [1.54, 1.807) is 0 Å². The zero-order valence-electron chi connectivity index (χ0n) is 6.75. The molecule has 0 fully saturated rings. The van der Waals surface area contributed by atoms with Gasteiger partial charge < -0.3 is 0 Å². The van der Waals surface area contributed by atoms with Crippen molar-refractivity contribution in [2.45, 2.75) is 0 Å². The van der Waals surface area contributed by atoms with Gasteiger partial charge in [-0.25, -0.2) is 0 Å². The Kier molecular flexibility index (Phi) is 3.61. The summed E-state index contributed by atoms with van der Waals surface area (Å²) in [4.78, 5) is 21.5. The Morgan fingerprint density at radius 2 is 2.21 bits per heavy atom. The van der Waals surface area contributed by atoms with Crippen LogP contribution < -0.4 is 0 Å². The van der Waals surface area contributed by atoms with Crippen molar-refractivity contribution in [3.8, 4) is 6.07 Å². The molecule has 0 radical (unpaired) electrons. The number of rotatable bonds is 2. The number of carbonyl (C=O) groups excluding carboxylic acids is 2. The first-order chi connectivity index (χ1) is 6.60. The number of aldehydes is 1. The Hall–Kier alpha value is -0.930. The molecule has 1 aromatic carbocycles. The van der Waals surface area contributed by atoms with Gasteiger partial charge in [0.15, 0.2) is 6.29 Å². The second-order valence-corrected chi connectivity index (χ2v) is 3.93. The number of halogens is 2. The van der Waals surface area contributed by atoms with E-state index >= 15 is 0 Å². The summed E-state index contributed by atoms with van der Waals surface area (Å²) in [5.74, 6) is 0. The van der Waals surface area contributed by atoms with Gasteiger partial charge in [-0.2, -0.15) is 5.26 Å². The number of nitriles is 1. The van der Waals surface area contributed by atoms with Gasteiger partial charge in [0.2, 0.25) is 0 Å². The minimum Gasteiger partial charge on any atom is -0.298 e. The molecule has 70 valence electrons. The molecule has 0 saturated carbocycles. The zero-order chi connectivity index (χ0) is 10.7. The lowest BCUT2D eigenvalue weighted by atomic mass is 10.1. The quantitative estimate of drug-likeness (QED) is 0.478. The van der Waals surface area contributed by atoms with Crippen LogP contribution >= 0.6 is 34.2 Å². The van der Waals surface area contributed by atoms with Gasteiger partial charge in [-0.15, -0.1) is 0 Å². The third-order valence-corrected chi connectivity index (χ3v) is 2.69. The van der Waals surface area contributed by atoms with Gasteiger partial charge in [0, 0.05) is 14.7 Å². The average Bonchev–Trinajstić information content (AvgIpc) is 2.17. The maximum Gasteiger partial charge on any atom is 0.253 e. The van der Waals surface area contributed by atoms with Crippen LogP contribution in [0.15, 0.2) is 12.1 Å². The topological polar surface area (TPSA) is 57.9 Å². The van der Waals surface area contributed by atoms with Crippen LogP contribution in [0.5, 0.6) is 0 Å². The molecule has 14 heavy (non-hydrogen) atoms. The summed E-state index contributed by atoms with van der Waals surface area (Å²) in [5.41, 5.74) is 0.626. The summed E-state index contributed by atoms with van der Waals surface area (Å²) < 4.78 is 0.597. The fourth-order valence-electron chi connectivity index (χ4n) is 0.943. The summed E-state index contributed by atoms with van der Waals surface area (Å²) in [5, 5.41) is 7.98. The zero-order valence-corrected chi connectivity index (χ0v) is 9.67. The maximum absolute atomic E-state index is 10.9. The molecule has 0 heterocycles. The van der Waals surface area contributed by atoms with Gasteiger partial charge in [0.25, 0.3) is 5.24 Å². The number of hydrogen-bond donors (Lipinski definition) is 0. The van der Waals surface area contributed by atoms with Crippen molar-refractivity contribution in [3.63, 3.8) is 0 Å². The molecule has 0 aromatic heterocycles. The van der Waals surface area contributed by atoms with E-state index in [4.69, 9.17) is 16.9 Å². The Bertz CT molecular complexity index is 451. The Balaban J connectivity index is 3.48. The summed E-state index contributed by atoms with van der Waals surface area (Å²) in [7, 11) is 0. The summed E-state index contributed by atoms with van der Waals surface area (Å²) in [6, 6.07) is 4.70. The fourth-order valence-corrected chi connectivity index (χ4v) is 1.69. The van der Waals surface area contributed by atoms with Crippen LogP contribution in [0.1, 0.15) is 26.3 Å². The van der Waals surface area contributed by atoms with Gasteiger partial charge in [-0.3, -0.25) is 9.59 Å². The van der Waals surface area contributed by atoms with Crippen LogP contribution in [-0.4, -0.2) is 11.5 Å². The van der Waals surface area contributed by atoms with Crippen molar-refractivity contribution in [1.29, 1.82) is 5.26 Å². The maximum atomic E-state index is 10.9. The molecule has 1 aromatic rings. The molecular weight excluding hydrogens is 316 g/mol. The highest BCUT2D eigenvalue weighted by Crippen LogP contribution is 2.18. The number of hydrogen-bond acceptors (Lipinski definition) is 3. The van der Waals surface area contributed by atoms with E-state index in [2.05, 4.69) is 0 Å². The first-order valence-electron chi connectivity index (χ1n) is 3.48. The van der Waals surface area contributed by atoms with E-state index in [9.17, 15) is 9.59 Å². The number of nitrogens with zero attached hydrogens (tertiary/aromatic N) is 1. The van der Waals surface area contributed by atoms with Crippen molar-refractivity contribution in [3.05, 3.63) is 32.4 Å². The SMILES string of the molecule is N#Cc1cc(C=O)c(C(=O)Cl)cc1I. The van der Waals surface area contributed by atoms with E-state index in [1.807, 2.05) is 28.7 Å². The van der Waals surface area contributed by atoms with Crippen LogP contribution in [0.4, 0.5) is 0 Å². The largest absolute Gasteiger partial charge is 0.298 e. The average molecular weight is 319 g/mol. The van der Waals surface area contributed by atoms with Gasteiger partial charge in [-0.1, -0.05) is 0 Å². The third-order valence-electron chi connectivity index (χ3n) is 1.60. The minimum absolute atomic E-state index is 0.130. The Labute approximate surface area is 98.8 Å². The van der Waals surface area contributed by atoms with Crippen molar-refractivity contribution in [2.24, 2.45) is 0 Å². The van der Waals surface area contributed by atoms with E-state index in [-0.39, 0.29) is 11.1 Å². The highest BCUT2D eigenvalue weighted by Gasteiger charge is 2.12. The number of benzene rings is 1. The van der Waals surface area contributed by atoms with Crippen LogP contribution in [0.3, 0.4) is 0 Å². The van der Waals surface area contributed by atoms with Gasteiger partial charge in [0.1, 0.15) is 6.07 Å². The van der Waals surface area contributed by atoms with Gasteiger partial charge in [-0.05, 0) is 46.3 Å². The van der Waals surface area contributed by atoms with E-state index in [0.29, 0.717) is 15.4 Å². The molecule has 0 amide bonds. The normalized spacial score (nSPS) is 9.21. The first-order valence-corrected chi connectivity index (χ1v) is 4.94. The molecule has 0 atom stereocenters. The number of carbonyl (C=O) groups is 2. The fraction of sp³-hybridized carbons (Fsp3) is 0. The van der Waals surface area contributed by atoms with Gasteiger partial charge >= 0.3 is 0 Å². The van der Waals surface area contributed by atoms with E-state index in [0.717, 1.165) is 0 Å². The molecule has 3 nitrogen and oxygen atoms in total. The van der Waals surface area contributed by atoms with Crippen LogP contribution in [0, 0.1) is 14.9 Å². The van der Waals surface area contributed by atoms with Crippen LogP contribution in [0.2, 0.25) is 0 Å². The smallest absolute Gasteiger partial charge is 0.253 e. The molecule has 5 heteroatoms. The predicted molar refractivity (Wildman–Crippen MR) is 59.4 cm³/mol. The Morgan fingerprint density at radius 1 is 1.57 bits per heavy atom. The predicted octanol–water partition coefficient (Wildman–Crippen LogP) is 2.35. The molecule has 0 bridgehead atoms. The lowest BCUT2D eigenvalue weighted by Gasteiger charge is -2.01. The molecule has 1 rings (SSSR count). The first kappa shape index (κ1) is 11.1. The van der Waals surface area contributed by atoms with Crippen molar-refractivity contribution < 1.29 is 9.59 Å². The monoisotopic (exact) mass is 319 g/mol. The second-order valence-electron chi connectivity index (χ2n) is 2.42.